The number of nitrogen functional groups attached to an aromatic ring is 1. The third-order valence-corrected chi connectivity index (χ3v) is 3.73. The van der Waals surface area contributed by atoms with Crippen LogP contribution in [0.4, 0.5) is 18.9 Å². The Bertz CT molecular complexity index is 527. The van der Waals surface area contributed by atoms with Gasteiger partial charge in [0.25, 0.3) is 5.91 Å². The van der Waals surface area contributed by atoms with Crippen LogP contribution in [0.3, 0.4) is 0 Å². The monoisotopic (exact) mass is 302 g/mol. The lowest BCUT2D eigenvalue weighted by atomic mass is 9.90. The van der Waals surface area contributed by atoms with Crippen molar-refractivity contribution in [2.45, 2.75) is 31.5 Å². The molecule has 7 heteroatoms. The van der Waals surface area contributed by atoms with Crippen molar-refractivity contribution >= 4 is 11.6 Å². The van der Waals surface area contributed by atoms with Crippen LogP contribution >= 0.6 is 0 Å². The molecule has 1 aromatic rings. The van der Waals surface area contributed by atoms with E-state index in [0.29, 0.717) is 0 Å². The first-order valence-corrected chi connectivity index (χ1v) is 6.73. The summed E-state index contributed by atoms with van der Waals surface area (Å²) in [6, 6.07) is 2.69. The van der Waals surface area contributed by atoms with Gasteiger partial charge in [-0.15, -0.1) is 0 Å². The Kier molecular flexibility index (Phi) is 4.41. The summed E-state index contributed by atoms with van der Waals surface area (Å²) in [7, 11) is 0. The van der Waals surface area contributed by atoms with E-state index in [1.807, 2.05) is 0 Å². The molecule has 1 amide bonds. The standard InChI is InChI=1S/C14H17F3N2O2/c15-14(16,17)9-4-5-12(18)11(8-9)13(21)19(6-7-20)10-2-1-3-10/h4-5,8,10,20H,1-3,6-7,18H2. The fraction of sp³-hybridized carbons (Fsp3) is 0.500. The van der Waals surface area contributed by atoms with Crippen LogP contribution in [0.25, 0.3) is 0 Å². The Hall–Kier alpha value is -1.76. The summed E-state index contributed by atoms with van der Waals surface area (Å²) >= 11 is 0. The number of benzene rings is 1. The van der Waals surface area contributed by atoms with E-state index in [1.54, 1.807) is 0 Å². The van der Waals surface area contributed by atoms with Crippen LogP contribution in [-0.2, 0) is 6.18 Å². The van der Waals surface area contributed by atoms with Gasteiger partial charge in [-0.1, -0.05) is 0 Å². The highest BCUT2D eigenvalue weighted by Gasteiger charge is 2.34. The summed E-state index contributed by atoms with van der Waals surface area (Å²) < 4.78 is 38.2. The van der Waals surface area contributed by atoms with E-state index in [9.17, 15) is 18.0 Å². The van der Waals surface area contributed by atoms with Gasteiger partial charge in [0, 0.05) is 18.3 Å². The second kappa shape index (κ2) is 5.93. The van der Waals surface area contributed by atoms with Crippen molar-refractivity contribution in [3.05, 3.63) is 29.3 Å². The number of nitrogens with two attached hydrogens (primary N) is 1. The number of halogens is 3. The smallest absolute Gasteiger partial charge is 0.398 e. The normalized spacial score (nSPS) is 15.6. The summed E-state index contributed by atoms with van der Waals surface area (Å²) in [5.74, 6) is -0.558. The molecular formula is C14H17F3N2O2. The molecule has 0 saturated heterocycles. The Morgan fingerprint density at radius 2 is 2.05 bits per heavy atom. The number of hydrogen-bond donors (Lipinski definition) is 2. The molecule has 0 radical (unpaired) electrons. The predicted molar refractivity (Wildman–Crippen MR) is 71.6 cm³/mol. The van der Waals surface area contributed by atoms with Gasteiger partial charge in [0.1, 0.15) is 0 Å². The number of rotatable bonds is 4. The van der Waals surface area contributed by atoms with E-state index >= 15 is 0 Å². The number of aliphatic hydroxyl groups excluding tert-OH is 1. The molecule has 2 rings (SSSR count). The molecule has 1 aliphatic rings. The third-order valence-electron chi connectivity index (χ3n) is 3.73. The second-order valence-corrected chi connectivity index (χ2v) is 5.11. The number of hydrogen-bond acceptors (Lipinski definition) is 3. The minimum Gasteiger partial charge on any atom is -0.398 e. The fourth-order valence-corrected chi connectivity index (χ4v) is 2.33. The van der Waals surface area contributed by atoms with Gasteiger partial charge in [-0.05, 0) is 37.5 Å². The average Bonchev–Trinajstić information content (AvgIpc) is 2.34. The van der Waals surface area contributed by atoms with Crippen LogP contribution in [0, 0.1) is 0 Å². The zero-order valence-electron chi connectivity index (χ0n) is 11.4. The van der Waals surface area contributed by atoms with Crippen molar-refractivity contribution < 1.29 is 23.1 Å². The summed E-state index contributed by atoms with van der Waals surface area (Å²) in [6.45, 7) is -0.139. The molecule has 3 N–H and O–H groups in total. The van der Waals surface area contributed by atoms with E-state index in [-0.39, 0.29) is 30.4 Å². The number of carbonyl (C=O) groups is 1. The van der Waals surface area contributed by atoms with E-state index < -0.39 is 17.6 Å². The molecule has 4 nitrogen and oxygen atoms in total. The molecule has 0 spiro atoms. The van der Waals surface area contributed by atoms with Gasteiger partial charge in [-0.2, -0.15) is 13.2 Å². The largest absolute Gasteiger partial charge is 0.416 e. The minimum atomic E-state index is -4.53. The fourth-order valence-electron chi connectivity index (χ4n) is 2.33. The van der Waals surface area contributed by atoms with Crippen LogP contribution in [0.5, 0.6) is 0 Å². The van der Waals surface area contributed by atoms with Crippen LogP contribution in [0.1, 0.15) is 35.2 Å². The van der Waals surface area contributed by atoms with E-state index in [0.717, 1.165) is 37.5 Å². The van der Waals surface area contributed by atoms with E-state index in [1.165, 1.54) is 4.90 Å². The van der Waals surface area contributed by atoms with Gasteiger partial charge in [0.2, 0.25) is 0 Å². The number of nitrogens with zero attached hydrogens (tertiary/aromatic N) is 1. The molecule has 1 aromatic carbocycles. The molecule has 0 aliphatic heterocycles. The van der Waals surface area contributed by atoms with E-state index in [2.05, 4.69) is 0 Å². The molecule has 0 atom stereocenters. The zero-order chi connectivity index (χ0) is 15.6. The summed E-state index contributed by atoms with van der Waals surface area (Å²) in [4.78, 5) is 13.8. The Morgan fingerprint density at radius 3 is 2.52 bits per heavy atom. The van der Waals surface area contributed by atoms with Gasteiger partial charge in [-0.3, -0.25) is 4.79 Å². The molecule has 1 fully saturated rings. The summed E-state index contributed by atoms with van der Waals surface area (Å²) in [6.07, 6.45) is -1.96. The third kappa shape index (κ3) is 3.29. The van der Waals surface area contributed by atoms with Crippen LogP contribution in [0.15, 0.2) is 18.2 Å². The minimum absolute atomic E-state index is 0.00950. The van der Waals surface area contributed by atoms with Crippen LogP contribution < -0.4 is 5.73 Å². The van der Waals surface area contributed by atoms with Gasteiger partial charge < -0.3 is 15.7 Å². The maximum atomic E-state index is 12.7. The topological polar surface area (TPSA) is 66.6 Å². The van der Waals surface area contributed by atoms with Crippen molar-refractivity contribution in [1.29, 1.82) is 0 Å². The van der Waals surface area contributed by atoms with Crippen LogP contribution in [0.2, 0.25) is 0 Å². The molecule has 0 bridgehead atoms. The Balaban J connectivity index is 2.32. The second-order valence-electron chi connectivity index (χ2n) is 5.11. The molecule has 0 aromatic heterocycles. The zero-order valence-corrected chi connectivity index (χ0v) is 11.4. The summed E-state index contributed by atoms with van der Waals surface area (Å²) in [5, 5.41) is 9.05. The highest BCUT2D eigenvalue weighted by molar-refractivity contribution is 5.99. The highest BCUT2D eigenvalue weighted by Crippen LogP contribution is 2.32. The molecule has 0 unspecified atom stereocenters. The SMILES string of the molecule is Nc1ccc(C(F)(F)F)cc1C(=O)N(CCO)C1CCC1. The maximum Gasteiger partial charge on any atom is 0.416 e. The van der Waals surface area contributed by atoms with Crippen molar-refractivity contribution in [2.75, 3.05) is 18.9 Å². The quantitative estimate of drug-likeness (QED) is 0.839. The van der Waals surface area contributed by atoms with Gasteiger partial charge in [-0.25, -0.2) is 0 Å². The Labute approximate surface area is 120 Å². The number of carbonyl (C=O) groups excluding carboxylic acids is 1. The van der Waals surface area contributed by atoms with Crippen molar-refractivity contribution in [1.82, 2.24) is 4.90 Å². The number of amides is 1. The van der Waals surface area contributed by atoms with Gasteiger partial charge in [0.05, 0.1) is 17.7 Å². The van der Waals surface area contributed by atoms with Crippen molar-refractivity contribution in [3.63, 3.8) is 0 Å². The lowest BCUT2D eigenvalue weighted by Crippen LogP contribution is -2.45. The van der Waals surface area contributed by atoms with Crippen molar-refractivity contribution in [2.24, 2.45) is 0 Å². The van der Waals surface area contributed by atoms with Crippen LogP contribution in [-0.4, -0.2) is 35.1 Å². The highest BCUT2D eigenvalue weighted by atomic mass is 19.4. The van der Waals surface area contributed by atoms with E-state index in [4.69, 9.17) is 10.8 Å². The molecule has 116 valence electrons. The first-order chi connectivity index (χ1) is 9.84. The number of anilines is 1. The van der Waals surface area contributed by atoms with Crippen molar-refractivity contribution in [3.8, 4) is 0 Å². The van der Waals surface area contributed by atoms with Gasteiger partial charge >= 0.3 is 6.18 Å². The lowest BCUT2D eigenvalue weighted by molar-refractivity contribution is -0.137. The molecule has 1 aliphatic carbocycles. The predicted octanol–water partition coefficient (Wildman–Crippen LogP) is 2.27. The Morgan fingerprint density at radius 1 is 1.38 bits per heavy atom. The molecule has 21 heavy (non-hydrogen) atoms. The molecule has 1 saturated carbocycles. The summed E-state index contributed by atoms with van der Waals surface area (Å²) in [5.41, 5.74) is 4.59. The lowest BCUT2D eigenvalue weighted by Gasteiger charge is -2.37. The molecular weight excluding hydrogens is 285 g/mol. The van der Waals surface area contributed by atoms with Gasteiger partial charge in [0.15, 0.2) is 0 Å². The number of alkyl halides is 3. The average molecular weight is 302 g/mol. The maximum absolute atomic E-state index is 12.7. The first kappa shape index (κ1) is 15.6. The molecule has 0 heterocycles. The first-order valence-electron chi connectivity index (χ1n) is 6.73. The number of aliphatic hydroxyl groups is 1.